The number of carbonyl (C=O) groups is 2. The maximum Gasteiger partial charge on any atom is 0.244 e. The molecule has 0 spiro atoms. The Morgan fingerprint density at radius 1 is 1.09 bits per heavy atom. The predicted molar refractivity (Wildman–Crippen MR) is 118 cm³/mol. The molecule has 1 aromatic carbocycles. The molecule has 6 atom stereocenters. The molecule has 1 aliphatic heterocycles. The van der Waals surface area contributed by atoms with Gasteiger partial charge >= 0.3 is 0 Å². The monoisotopic (exact) mass is 460 g/mol. The molecule has 1 heterocycles. The summed E-state index contributed by atoms with van der Waals surface area (Å²) >= 11 is 0. The first-order chi connectivity index (χ1) is 15.0. The molecule has 32 heavy (non-hydrogen) atoms. The van der Waals surface area contributed by atoms with Gasteiger partial charge in [0.15, 0.2) is 5.78 Å². The minimum Gasteiger partial charge on any atom is -0.390 e. The highest BCUT2D eigenvalue weighted by molar-refractivity contribution is 7.89. The summed E-state index contributed by atoms with van der Waals surface area (Å²) in [6.07, 6.45) is 5.49. The minimum atomic E-state index is -3.88. The van der Waals surface area contributed by atoms with Gasteiger partial charge in [0.25, 0.3) is 0 Å². The van der Waals surface area contributed by atoms with Crippen LogP contribution in [-0.2, 0) is 14.8 Å². The van der Waals surface area contributed by atoms with Crippen molar-refractivity contribution in [3.63, 3.8) is 0 Å². The first-order valence-electron chi connectivity index (χ1n) is 11.7. The largest absolute Gasteiger partial charge is 0.390 e. The van der Waals surface area contributed by atoms with E-state index in [9.17, 15) is 23.1 Å². The van der Waals surface area contributed by atoms with Crippen molar-refractivity contribution >= 4 is 21.7 Å². The lowest BCUT2D eigenvalue weighted by Crippen LogP contribution is -2.65. The average Bonchev–Trinajstić information content (AvgIpc) is 3.13. The molecule has 7 nitrogen and oxygen atoms in total. The minimum absolute atomic E-state index is 0.0103. The van der Waals surface area contributed by atoms with Gasteiger partial charge in [-0.1, -0.05) is 12.1 Å². The number of carbonyl (C=O) groups excluding carboxylic acids is 2. The number of hydrogen-bond acceptors (Lipinski definition) is 5. The van der Waals surface area contributed by atoms with Crippen molar-refractivity contribution in [2.75, 3.05) is 6.54 Å². The van der Waals surface area contributed by atoms with Crippen LogP contribution in [0.4, 0.5) is 0 Å². The normalized spacial score (nSPS) is 38.7. The summed E-state index contributed by atoms with van der Waals surface area (Å²) in [4.78, 5) is 25.2. The number of nitrogens with zero attached hydrogens (tertiary/aromatic N) is 1. The van der Waals surface area contributed by atoms with Gasteiger partial charge in [0.05, 0.1) is 10.5 Å². The fourth-order valence-corrected chi connectivity index (χ4v) is 8.87. The predicted octanol–water partition coefficient (Wildman–Crippen LogP) is 2.49. The molecule has 6 rings (SSSR count). The lowest BCUT2D eigenvalue weighted by molar-refractivity contribution is -0.150. The molecule has 5 aliphatic rings. The smallest absolute Gasteiger partial charge is 0.244 e. The fourth-order valence-electron chi connectivity index (χ4n) is 7.06. The average molecular weight is 461 g/mol. The number of nitrogens with one attached hydrogen (secondary N) is 1. The van der Waals surface area contributed by atoms with E-state index in [-0.39, 0.29) is 34.5 Å². The Labute approximate surface area is 189 Å². The molecular weight excluding hydrogens is 428 g/mol. The fraction of sp³-hybridized carbons (Fsp3) is 0.667. The van der Waals surface area contributed by atoms with Crippen LogP contribution in [0.25, 0.3) is 0 Å². The van der Waals surface area contributed by atoms with Gasteiger partial charge in [0, 0.05) is 18.2 Å². The Bertz CT molecular complexity index is 1040. The first-order valence-corrected chi connectivity index (χ1v) is 13.1. The first kappa shape index (κ1) is 22.0. The Kier molecular flexibility index (Phi) is 5.08. The van der Waals surface area contributed by atoms with E-state index in [1.54, 1.807) is 6.92 Å². The van der Waals surface area contributed by atoms with Crippen molar-refractivity contribution in [2.24, 2.45) is 17.8 Å². The van der Waals surface area contributed by atoms with Crippen molar-refractivity contribution in [1.29, 1.82) is 0 Å². The van der Waals surface area contributed by atoms with Crippen LogP contribution in [0.15, 0.2) is 29.2 Å². The summed E-state index contributed by atoms with van der Waals surface area (Å²) in [5, 5.41) is 14.1. The van der Waals surface area contributed by atoms with Gasteiger partial charge in [-0.15, -0.1) is 0 Å². The van der Waals surface area contributed by atoms with Gasteiger partial charge in [-0.05, 0) is 88.7 Å². The van der Waals surface area contributed by atoms with E-state index in [4.69, 9.17) is 0 Å². The lowest BCUT2D eigenvalue weighted by Gasteiger charge is -2.58. The standard InChI is InChI=1S/C24H32N2O5S/c1-15(27)17-4-6-20(7-5-17)32(30,31)26-9-3-8-23(26,2)22(28)25-21-18-10-16-11-19(21)14-24(29,12-16)13-18/h4-7,16,18-19,21,29H,3,8-14H2,1-2H3,(H,25,28)/t16?,18-,19+,21?,23-,24?/m1/s1. The van der Waals surface area contributed by atoms with Crippen LogP contribution in [-0.4, -0.2) is 53.2 Å². The van der Waals surface area contributed by atoms with Gasteiger partial charge in [-0.25, -0.2) is 8.42 Å². The Morgan fingerprint density at radius 2 is 1.72 bits per heavy atom. The third-order valence-corrected chi connectivity index (χ3v) is 10.5. The van der Waals surface area contributed by atoms with Crippen LogP contribution in [0.1, 0.15) is 69.2 Å². The Morgan fingerprint density at radius 3 is 2.28 bits per heavy atom. The number of rotatable bonds is 5. The van der Waals surface area contributed by atoms with Crippen molar-refractivity contribution in [3.8, 4) is 0 Å². The SMILES string of the molecule is CC(=O)c1ccc(S(=O)(=O)N2CCC[C@]2(C)C(=O)NC2[C@@H]3CC4C[C@H]2CC(O)(C4)C3)cc1. The molecule has 2 N–H and O–H groups in total. The molecular formula is C24H32N2O5S. The van der Waals surface area contributed by atoms with E-state index >= 15 is 0 Å². The molecule has 4 bridgehead atoms. The Balaban J connectivity index is 1.37. The number of sulfonamides is 1. The molecule has 0 aromatic heterocycles. The van der Waals surface area contributed by atoms with E-state index in [1.165, 1.54) is 35.5 Å². The molecule has 4 aliphatic carbocycles. The molecule has 3 unspecified atom stereocenters. The van der Waals surface area contributed by atoms with Crippen LogP contribution in [0.3, 0.4) is 0 Å². The van der Waals surface area contributed by atoms with E-state index in [1.807, 2.05) is 0 Å². The summed E-state index contributed by atoms with van der Waals surface area (Å²) in [6, 6.07) is 5.93. The zero-order valence-corrected chi connectivity index (χ0v) is 19.5. The van der Waals surface area contributed by atoms with Gasteiger partial charge in [0.1, 0.15) is 5.54 Å². The maximum atomic E-state index is 13.5. The molecule has 1 saturated heterocycles. The topological polar surface area (TPSA) is 104 Å². The third kappa shape index (κ3) is 3.42. The van der Waals surface area contributed by atoms with E-state index < -0.39 is 21.2 Å². The Hall–Kier alpha value is -1.77. The van der Waals surface area contributed by atoms with Gasteiger partial charge in [-0.2, -0.15) is 4.31 Å². The summed E-state index contributed by atoms with van der Waals surface area (Å²) in [7, 11) is -3.88. The molecule has 0 radical (unpaired) electrons. The van der Waals surface area contributed by atoms with Crippen LogP contribution in [0.5, 0.6) is 0 Å². The zero-order chi connectivity index (χ0) is 22.9. The van der Waals surface area contributed by atoms with Crippen LogP contribution in [0.2, 0.25) is 0 Å². The van der Waals surface area contributed by atoms with Crippen LogP contribution < -0.4 is 5.32 Å². The van der Waals surface area contributed by atoms with Crippen molar-refractivity contribution in [3.05, 3.63) is 29.8 Å². The number of aliphatic hydroxyl groups is 1. The highest BCUT2D eigenvalue weighted by Gasteiger charge is 2.57. The van der Waals surface area contributed by atoms with E-state index in [0.29, 0.717) is 30.9 Å². The van der Waals surface area contributed by atoms with Crippen LogP contribution >= 0.6 is 0 Å². The van der Waals surface area contributed by atoms with Gasteiger partial charge in [-0.3, -0.25) is 9.59 Å². The highest BCUT2D eigenvalue weighted by atomic mass is 32.2. The van der Waals surface area contributed by atoms with E-state index in [0.717, 1.165) is 32.1 Å². The molecule has 4 saturated carbocycles. The second-order valence-electron chi connectivity index (χ2n) is 10.7. The zero-order valence-electron chi connectivity index (χ0n) is 18.7. The number of ketones is 1. The van der Waals surface area contributed by atoms with Crippen LogP contribution in [0, 0.1) is 17.8 Å². The molecule has 1 amide bonds. The molecule has 1 aromatic rings. The summed E-state index contributed by atoms with van der Waals surface area (Å²) in [5.74, 6) is 0.722. The van der Waals surface area contributed by atoms with Gasteiger partial charge in [0.2, 0.25) is 15.9 Å². The quantitative estimate of drug-likeness (QED) is 0.657. The van der Waals surface area contributed by atoms with E-state index in [2.05, 4.69) is 5.32 Å². The second-order valence-corrected chi connectivity index (χ2v) is 12.6. The lowest BCUT2D eigenvalue weighted by atomic mass is 9.52. The van der Waals surface area contributed by atoms with Crippen molar-refractivity contribution < 1.29 is 23.1 Å². The third-order valence-electron chi connectivity index (χ3n) is 8.45. The number of Topliss-reactive ketones (excluding diaryl/α,β-unsaturated/α-hetero) is 1. The summed E-state index contributed by atoms with van der Waals surface area (Å²) in [6.45, 7) is 3.45. The summed E-state index contributed by atoms with van der Waals surface area (Å²) < 4.78 is 28.2. The van der Waals surface area contributed by atoms with Crippen molar-refractivity contribution in [1.82, 2.24) is 9.62 Å². The molecule has 5 fully saturated rings. The molecule has 174 valence electrons. The number of benzene rings is 1. The highest BCUT2D eigenvalue weighted by Crippen LogP contribution is 2.55. The van der Waals surface area contributed by atoms with Crippen molar-refractivity contribution in [2.45, 2.75) is 80.9 Å². The second kappa shape index (κ2) is 7.37. The maximum absolute atomic E-state index is 13.5. The van der Waals surface area contributed by atoms with Gasteiger partial charge < -0.3 is 10.4 Å². The number of amides is 1. The number of hydrogen-bond donors (Lipinski definition) is 2. The summed E-state index contributed by atoms with van der Waals surface area (Å²) in [5.41, 5.74) is -1.27. The molecule has 8 heteroatoms.